The lowest BCUT2D eigenvalue weighted by Gasteiger charge is -2.06. The van der Waals surface area contributed by atoms with Gasteiger partial charge in [0.2, 0.25) is 0 Å². The fourth-order valence-corrected chi connectivity index (χ4v) is 2.92. The van der Waals surface area contributed by atoms with Crippen LogP contribution in [0.4, 0.5) is 10.1 Å². The first-order valence-corrected chi connectivity index (χ1v) is 7.04. The fraction of sp³-hybridized carbons (Fsp3) is 0.0909. The maximum atomic E-state index is 13.2. The molecule has 16 heavy (non-hydrogen) atoms. The third kappa shape index (κ3) is 2.84. The minimum atomic E-state index is -0.254. The summed E-state index contributed by atoms with van der Waals surface area (Å²) in [4.78, 5) is 1.20. The second-order valence-corrected chi connectivity index (χ2v) is 5.88. The predicted octanol–water partition coefficient (Wildman–Crippen LogP) is 5.02. The number of hydrogen-bond acceptors (Lipinski definition) is 2. The van der Waals surface area contributed by atoms with Crippen molar-refractivity contribution in [3.8, 4) is 0 Å². The Labute approximate surface area is 114 Å². The molecule has 0 aliphatic heterocycles. The van der Waals surface area contributed by atoms with Crippen LogP contribution in [-0.4, -0.2) is 0 Å². The smallest absolute Gasteiger partial charge is 0.139 e. The van der Waals surface area contributed by atoms with Crippen molar-refractivity contribution in [2.45, 2.75) is 6.54 Å². The fourth-order valence-electron chi connectivity index (χ4n) is 1.24. The Balaban J connectivity index is 2.05. The predicted molar refractivity (Wildman–Crippen MR) is 73.4 cm³/mol. The number of nitrogens with one attached hydrogen (secondary N) is 1. The summed E-state index contributed by atoms with van der Waals surface area (Å²) in [6.07, 6.45) is 0. The summed E-state index contributed by atoms with van der Waals surface area (Å²) in [5, 5.41) is 5.19. The summed E-state index contributed by atoms with van der Waals surface area (Å²) in [6, 6.07) is 7.02. The number of benzene rings is 1. The number of hydrogen-bond donors (Lipinski definition) is 1. The van der Waals surface area contributed by atoms with Crippen LogP contribution in [0.1, 0.15) is 4.88 Å². The van der Waals surface area contributed by atoms with E-state index in [1.54, 1.807) is 17.4 Å². The number of rotatable bonds is 3. The van der Waals surface area contributed by atoms with E-state index in [1.165, 1.54) is 10.9 Å². The molecular formula is C11H8Br2FNS. The maximum Gasteiger partial charge on any atom is 0.139 e. The quantitative estimate of drug-likeness (QED) is 0.805. The van der Waals surface area contributed by atoms with Gasteiger partial charge in [0.15, 0.2) is 0 Å². The summed E-state index contributed by atoms with van der Waals surface area (Å²) < 4.78 is 14.8. The van der Waals surface area contributed by atoms with Crippen LogP contribution in [0.2, 0.25) is 0 Å². The average molecular weight is 365 g/mol. The van der Waals surface area contributed by atoms with Gasteiger partial charge in [0.05, 0.1) is 11.0 Å². The van der Waals surface area contributed by atoms with Gasteiger partial charge >= 0.3 is 0 Å². The Morgan fingerprint density at radius 1 is 1.19 bits per heavy atom. The molecule has 0 saturated heterocycles. The van der Waals surface area contributed by atoms with Gasteiger partial charge in [-0.25, -0.2) is 4.39 Å². The summed E-state index contributed by atoms with van der Waals surface area (Å²) in [5.74, 6) is -0.254. The lowest BCUT2D eigenvalue weighted by Crippen LogP contribution is -1.98. The Morgan fingerprint density at radius 3 is 2.62 bits per heavy atom. The molecule has 1 aromatic carbocycles. The molecule has 0 saturated carbocycles. The number of halogens is 3. The third-order valence-electron chi connectivity index (χ3n) is 2.06. The molecule has 2 rings (SSSR count). The normalized spacial score (nSPS) is 10.4. The first-order valence-electron chi connectivity index (χ1n) is 4.57. The molecule has 0 aliphatic carbocycles. The highest BCUT2D eigenvalue weighted by atomic mass is 79.9. The molecule has 0 bridgehead atoms. The third-order valence-corrected chi connectivity index (χ3v) is 4.63. The van der Waals surface area contributed by atoms with E-state index in [9.17, 15) is 4.39 Å². The molecule has 0 unspecified atom stereocenters. The number of thiophene rings is 1. The molecule has 0 aliphatic rings. The van der Waals surface area contributed by atoms with Crippen LogP contribution >= 0.6 is 43.2 Å². The summed E-state index contributed by atoms with van der Waals surface area (Å²) in [6.45, 7) is 0.694. The molecule has 1 heterocycles. The van der Waals surface area contributed by atoms with Crippen molar-refractivity contribution in [3.05, 3.63) is 49.3 Å². The van der Waals surface area contributed by atoms with E-state index in [0.717, 1.165) is 10.2 Å². The molecular weight excluding hydrogens is 357 g/mol. The van der Waals surface area contributed by atoms with Gasteiger partial charge in [-0.3, -0.25) is 0 Å². The van der Waals surface area contributed by atoms with Crippen molar-refractivity contribution in [2.75, 3.05) is 5.32 Å². The van der Waals surface area contributed by atoms with Crippen molar-refractivity contribution in [1.29, 1.82) is 0 Å². The van der Waals surface area contributed by atoms with E-state index in [2.05, 4.69) is 37.2 Å². The van der Waals surface area contributed by atoms with Gasteiger partial charge < -0.3 is 5.32 Å². The van der Waals surface area contributed by atoms with Gasteiger partial charge in [-0.2, -0.15) is 0 Å². The van der Waals surface area contributed by atoms with Crippen molar-refractivity contribution < 1.29 is 4.39 Å². The van der Waals surface area contributed by atoms with Crippen LogP contribution in [-0.2, 0) is 6.54 Å². The zero-order valence-electron chi connectivity index (χ0n) is 8.14. The van der Waals surface area contributed by atoms with Crippen LogP contribution in [0, 0.1) is 5.82 Å². The van der Waals surface area contributed by atoms with E-state index in [4.69, 9.17) is 0 Å². The van der Waals surface area contributed by atoms with Gasteiger partial charge in [-0.05, 0) is 61.5 Å². The average Bonchev–Trinajstić information content (AvgIpc) is 2.66. The highest BCUT2D eigenvalue weighted by molar-refractivity contribution is 9.10. The zero-order valence-corrected chi connectivity index (χ0v) is 12.1. The van der Waals surface area contributed by atoms with Crippen LogP contribution in [0.5, 0.6) is 0 Å². The number of anilines is 1. The van der Waals surface area contributed by atoms with E-state index in [1.807, 2.05) is 17.5 Å². The van der Waals surface area contributed by atoms with Crippen molar-refractivity contribution >= 4 is 48.9 Å². The van der Waals surface area contributed by atoms with Gasteiger partial charge in [0.25, 0.3) is 0 Å². The van der Waals surface area contributed by atoms with Gasteiger partial charge in [-0.15, -0.1) is 11.3 Å². The minimum Gasteiger partial charge on any atom is -0.380 e. The molecule has 0 fully saturated rings. The first-order chi connectivity index (χ1) is 7.66. The lowest BCUT2D eigenvalue weighted by molar-refractivity contribution is 0.621. The monoisotopic (exact) mass is 363 g/mol. The second-order valence-electron chi connectivity index (χ2n) is 3.17. The van der Waals surface area contributed by atoms with Crippen LogP contribution in [0.25, 0.3) is 0 Å². The highest BCUT2D eigenvalue weighted by Crippen LogP contribution is 2.24. The molecule has 1 nitrogen and oxygen atoms in total. The van der Waals surface area contributed by atoms with Crippen LogP contribution in [0.15, 0.2) is 38.6 Å². The molecule has 0 amide bonds. The first kappa shape index (κ1) is 12.1. The zero-order chi connectivity index (χ0) is 11.5. The Kier molecular flexibility index (Phi) is 4.00. The molecule has 0 spiro atoms. The van der Waals surface area contributed by atoms with Crippen LogP contribution < -0.4 is 5.32 Å². The summed E-state index contributed by atoms with van der Waals surface area (Å²) in [7, 11) is 0. The lowest BCUT2D eigenvalue weighted by atomic mass is 10.3. The van der Waals surface area contributed by atoms with Crippen molar-refractivity contribution in [2.24, 2.45) is 0 Å². The molecule has 2 aromatic rings. The summed E-state index contributed by atoms with van der Waals surface area (Å²) in [5.41, 5.74) is 0.779. The molecule has 84 valence electrons. The van der Waals surface area contributed by atoms with E-state index in [-0.39, 0.29) is 5.82 Å². The molecule has 0 radical (unpaired) electrons. The van der Waals surface area contributed by atoms with E-state index < -0.39 is 0 Å². The molecule has 1 N–H and O–H groups in total. The van der Waals surface area contributed by atoms with Gasteiger partial charge in [-0.1, -0.05) is 0 Å². The maximum absolute atomic E-state index is 13.2. The highest BCUT2D eigenvalue weighted by Gasteiger charge is 2.03. The van der Waals surface area contributed by atoms with E-state index >= 15 is 0 Å². The Morgan fingerprint density at radius 2 is 2.00 bits per heavy atom. The topological polar surface area (TPSA) is 12.0 Å². The Hall–Kier alpha value is -0.390. The van der Waals surface area contributed by atoms with Crippen molar-refractivity contribution in [1.82, 2.24) is 0 Å². The van der Waals surface area contributed by atoms with Gasteiger partial charge in [0, 0.05) is 15.0 Å². The largest absolute Gasteiger partial charge is 0.380 e. The second kappa shape index (κ2) is 5.29. The SMILES string of the molecule is Fc1cc(NCc2sccc2Br)ccc1Br. The molecule has 1 aromatic heterocycles. The minimum absolute atomic E-state index is 0.254. The van der Waals surface area contributed by atoms with Crippen molar-refractivity contribution in [3.63, 3.8) is 0 Å². The standard InChI is InChI=1S/C11H8Br2FNS/c12-8-2-1-7(5-10(8)14)15-6-11-9(13)3-4-16-11/h1-5,15H,6H2. The molecule has 5 heteroatoms. The Bertz CT molecular complexity index is 498. The summed E-state index contributed by atoms with van der Waals surface area (Å²) >= 11 is 8.24. The van der Waals surface area contributed by atoms with Crippen LogP contribution in [0.3, 0.4) is 0 Å². The van der Waals surface area contributed by atoms with E-state index in [0.29, 0.717) is 11.0 Å². The molecule has 0 atom stereocenters. The van der Waals surface area contributed by atoms with Gasteiger partial charge in [0.1, 0.15) is 5.82 Å².